The summed E-state index contributed by atoms with van der Waals surface area (Å²) >= 11 is 0. The molecule has 0 aromatic heterocycles. The molecule has 264 valence electrons. The number of rotatable bonds is 6. The molecule has 0 saturated carbocycles. The molecule has 0 fully saturated rings. The number of hydrogen-bond acceptors (Lipinski definition) is 4. The maximum absolute atomic E-state index is 15.9. The second-order valence-electron chi connectivity index (χ2n) is 13.9. The predicted octanol–water partition coefficient (Wildman–Crippen LogP) is 9.56. The smallest absolute Gasteiger partial charge is 0.171 e. The largest absolute Gasteiger partial charge is 0.457 e. The molecule has 10 rings (SSSR count). The van der Waals surface area contributed by atoms with Gasteiger partial charge in [-0.1, -0.05) is 158 Å². The van der Waals surface area contributed by atoms with Gasteiger partial charge in [0.05, 0.1) is 5.41 Å². The minimum atomic E-state index is -3.39. The summed E-state index contributed by atoms with van der Waals surface area (Å²) in [5.41, 5.74) is 2.49. The van der Waals surface area contributed by atoms with Crippen LogP contribution in [0.25, 0.3) is 0 Å². The van der Waals surface area contributed by atoms with Crippen LogP contribution in [-0.2, 0) is 14.5 Å². The Bertz CT molecular complexity index is 2540. The van der Waals surface area contributed by atoms with Crippen LogP contribution in [0.1, 0.15) is 22.3 Å². The van der Waals surface area contributed by atoms with Gasteiger partial charge >= 0.3 is 0 Å². The van der Waals surface area contributed by atoms with Gasteiger partial charge in [0, 0.05) is 54.1 Å². The van der Waals surface area contributed by atoms with E-state index < -0.39 is 19.7 Å². The number of hydrogen-bond donors (Lipinski definition) is 0. The Morgan fingerprint density at radius 1 is 0.291 bits per heavy atom. The number of fused-ring (bicyclic) bond motifs is 8. The molecule has 0 N–H and O–H groups in total. The maximum atomic E-state index is 15.9. The minimum absolute atomic E-state index is 0.650. The van der Waals surface area contributed by atoms with Gasteiger partial charge < -0.3 is 18.6 Å². The SMILES string of the molecule is O=P(c1ccccc1)(c1ccccc1)c1ccc2c(c1)C1(c3ccccc3Oc3ccccc31)c1cc(P(=O)(c3ccccc3)c3ccccc3)ccc1O2. The molecule has 55 heavy (non-hydrogen) atoms. The standard InChI is InChI=1S/C49H34O4P2/c50-54(35-17-5-1-6-18-35,36-19-7-2-8-20-36)39-29-31-47-43(33-39)49(41-25-13-15-27-45(41)52-46-28-16-14-26-42(46)49)44-34-40(30-32-48(44)53-47)55(51,37-21-9-3-10-22-37)38-23-11-4-12-24-38/h1-34H. The van der Waals surface area contributed by atoms with Gasteiger partial charge in [0.25, 0.3) is 0 Å². The number of ether oxygens (including phenoxy) is 2. The first-order valence-electron chi connectivity index (χ1n) is 18.3. The van der Waals surface area contributed by atoms with E-state index >= 15 is 9.13 Å². The van der Waals surface area contributed by atoms with Crippen molar-refractivity contribution in [3.05, 3.63) is 229 Å². The van der Waals surface area contributed by atoms with Gasteiger partial charge in [-0.25, -0.2) is 0 Å². The summed E-state index contributed by atoms with van der Waals surface area (Å²) in [6, 6.07) is 67.1. The highest BCUT2D eigenvalue weighted by molar-refractivity contribution is 7.85. The van der Waals surface area contributed by atoms with E-state index in [4.69, 9.17) is 9.47 Å². The molecule has 0 aliphatic carbocycles. The van der Waals surface area contributed by atoms with Gasteiger partial charge in [-0.15, -0.1) is 0 Å². The molecule has 2 aliphatic heterocycles. The molecule has 0 saturated heterocycles. The third kappa shape index (κ3) is 4.99. The zero-order valence-electron chi connectivity index (χ0n) is 29.7. The van der Waals surface area contributed by atoms with Crippen molar-refractivity contribution in [3.8, 4) is 23.0 Å². The first kappa shape index (κ1) is 33.4. The molecule has 8 aromatic carbocycles. The fraction of sp³-hybridized carbons (Fsp3) is 0.0204. The number of benzene rings is 8. The normalized spacial score (nSPS) is 13.7. The van der Waals surface area contributed by atoms with Crippen LogP contribution in [0.2, 0.25) is 0 Å². The van der Waals surface area contributed by atoms with Crippen LogP contribution >= 0.6 is 14.3 Å². The second kappa shape index (κ2) is 13.0. The van der Waals surface area contributed by atoms with Crippen LogP contribution in [0.4, 0.5) is 0 Å². The minimum Gasteiger partial charge on any atom is -0.457 e. The average Bonchev–Trinajstić information content (AvgIpc) is 3.26. The van der Waals surface area contributed by atoms with Crippen LogP contribution < -0.4 is 41.3 Å². The summed E-state index contributed by atoms with van der Waals surface area (Å²) in [4.78, 5) is 0. The topological polar surface area (TPSA) is 52.6 Å². The molecule has 6 heteroatoms. The molecule has 0 atom stereocenters. The Labute approximate surface area is 320 Å². The third-order valence-corrected chi connectivity index (χ3v) is 17.1. The quantitative estimate of drug-likeness (QED) is 0.159. The molecular formula is C49H34O4P2. The molecule has 0 radical (unpaired) electrons. The highest BCUT2D eigenvalue weighted by atomic mass is 31.2. The lowest BCUT2D eigenvalue weighted by molar-refractivity contribution is 0.399. The number of para-hydroxylation sites is 2. The summed E-state index contributed by atoms with van der Waals surface area (Å²) in [6.07, 6.45) is 0. The third-order valence-electron chi connectivity index (χ3n) is 11.0. The van der Waals surface area contributed by atoms with Crippen molar-refractivity contribution in [2.24, 2.45) is 0 Å². The molecular weight excluding hydrogens is 714 g/mol. The van der Waals surface area contributed by atoms with E-state index in [2.05, 4.69) is 24.3 Å². The fourth-order valence-electron chi connectivity index (χ4n) is 8.48. The van der Waals surface area contributed by atoms with Gasteiger partial charge in [0.15, 0.2) is 14.3 Å². The lowest BCUT2D eigenvalue weighted by Gasteiger charge is -2.45. The Hall–Kier alpha value is -6.18. The van der Waals surface area contributed by atoms with Crippen molar-refractivity contribution in [3.63, 3.8) is 0 Å². The van der Waals surface area contributed by atoms with Gasteiger partial charge in [0.1, 0.15) is 23.0 Å². The summed E-state index contributed by atoms with van der Waals surface area (Å²) in [5.74, 6) is 2.72. The summed E-state index contributed by atoms with van der Waals surface area (Å²) in [6.45, 7) is 0. The van der Waals surface area contributed by atoms with E-state index in [1.165, 1.54) is 0 Å². The van der Waals surface area contributed by atoms with Gasteiger partial charge in [0.2, 0.25) is 0 Å². The van der Waals surface area contributed by atoms with Crippen LogP contribution in [0.15, 0.2) is 206 Å². The van der Waals surface area contributed by atoms with Crippen molar-refractivity contribution in [1.82, 2.24) is 0 Å². The average molecular weight is 749 g/mol. The highest BCUT2D eigenvalue weighted by Gasteiger charge is 2.52. The molecule has 0 amide bonds. The monoisotopic (exact) mass is 748 g/mol. The van der Waals surface area contributed by atoms with Crippen molar-refractivity contribution in [2.75, 3.05) is 0 Å². The lowest BCUT2D eigenvalue weighted by atomic mass is 9.62. The van der Waals surface area contributed by atoms with E-state index in [9.17, 15) is 0 Å². The molecule has 1 spiro atoms. The molecule has 0 unspecified atom stereocenters. The Morgan fingerprint density at radius 3 is 0.927 bits per heavy atom. The lowest BCUT2D eigenvalue weighted by Crippen LogP contribution is -2.39. The highest BCUT2D eigenvalue weighted by Crippen LogP contribution is 2.62. The Balaban J connectivity index is 1.31. The van der Waals surface area contributed by atoms with Crippen molar-refractivity contribution in [2.45, 2.75) is 5.41 Å². The summed E-state index contributed by atoms with van der Waals surface area (Å²) in [5, 5.41) is 4.35. The van der Waals surface area contributed by atoms with Crippen molar-refractivity contribution in [1.29, 1.82) is 0 Å². The first-order chi connectivity index (χ1) is 27.0. The summed E-state index contributed by atoms with van der Waals surface area (Å²) < 4.78 is 45.3. The van der Waals surface area contributed by atoms with Crippen LogP contribution in [-0.4, -0.2) is 0 Å². The van der Waals surface area contributed by atoms with E-state index in [0.29, 0.717) is 33.6 Å². The van der Waals surface area contributed by atoms with Crippen LogP contribution in [0.5, 0.6) is 23.0 Å². The molecule has 2 heterocycles. The van der Waals surface area contributed by atoms with Gasteiger partial charge in [-0.3, -0.25) is 0 Å². The van der Waals surface area contributed by atoms with E-state index in [1.807, 2.05) is 182 Å². The van der Waals surface area contributed by atoms with Crippen LogP contribution in [0, 0.1) is 0 Å². The van der Waals surface area contributed by atoms with E-state index in [-0.39, 0.29) is 0 Å². The van der Waals surface area contributed by atoms with Crippen LogP contribution in [0.3, 0.4) is 0 Å². The summed E-state index contributed by atoms with van der Waals surface area (Å²) in [7, 11) is -6.78. The first-order valence-corrected chi connectivity index (χ1v) is 21.7. The molecule has 8 aromatic rings. The van der Waals surface area contributed by atoms with Gasteiger partial charge in [-0.05, 0) is 48.5 Å². The molecule has 2 aliphatic rings. The molecule has 4 nitrogen and oxygen atoms in total. The van der Waals surface area contributed by atoms with Crippen molar-refractivity contribution < 1.29 is 18.6 Å². The fourth-order valence-corrected chi connectivity index (χ4v) is 13.8. The molecule has 0 bridgehead atoms. The maximum Gasteiger partial charge on any atom is 0.171 e. The Morgan fingerprint density at radius 2 is 0.582 bits per heavy atom. The van der Waals surface area contributed by atoms with Crippen molar-refractivity contribution >= 4 is 46.1 Å². The second-order valence-corrected chi connectivity index (χ2v) is 19.4. The zero-order valence-corrected chi connectivity index (χ0v) is 31.4. The predicted molar refractivity (Wildman–Crippen MR) is 224 cm³/mol. The van der Waals surface area contributed by atoms with Gasteiger partial charge in [-0.2, -0.15) is 0 Å². The Kier molecular flexibility index (Phi) is 7.89. The van der Waals surface area contributed by atoms with E-state index in [0.717, 1.165) is 43.5 Å². The van der Waals surface area contributed by atoms with E-state index in [1.54, 1.807) is 0 Å². The zero-order chi connectivity index (χ0) is 37.0.